The summed E-state index contributed by atoms with van der Waals surface area (Å²) < 4.78 is 0. The molecular weight excluding hydrogens is 176 g/mol. The average Bonchev–Trinajstić information content (AvgIpc) is 2.68. The molecule has 0 radical (unpaired) electrons. The van der Waals surface area contributed by atoms with E-state index in [2.05, 4.69) is 4.90 Å². The molecule has 1 aliphatic carbocycles. The van der Waals surface area contributed by atoms with Crippen molar-refractivity contribution >= 4 is 18.3 Å². The van der Waals surface area contributed by atoms with Crippen molar-refractivity contribution < 1.29 is 4.79 Å². The van der Waals surface area contributed by atoms with Gasteiger partial charge in [0.25, 0.3) is 0 Å². The van der Waals surface area contributed by atoms with E-state index in [9.17, 15) is 4.79 Å². The van der Waals surface area contributed by atoms with Gasteiger partial charge in [-0.25, -0.2) is 0 Å². The quantitative estimate of drug-likeness (QED) is 0.685. The molecule has 1 unspecified atom stereocenters. The number of nitrogens with two attached hydrogens (primary N) is 1. The molecule has 1 aliphatic heterocycles. The molecule has 2 N–H and O–H groups in total. The molecule has 0 aromatic heterocycles. The first-order valence-electron chi connectivity index (χ1n) is 4.31. The third-order valence-electron chi connectivity index (χ3n) is 2.69. The molecule has 1 saturated heterocycles. The number of carbonyl (C=O) groups is 1. The van der Waals surface area contributed by atoms with Gasteiger partial charge in [0, 0.05) is 12.6 Å². The number of amides is 1. The summed E-state index contributed by atoms with van der Waals surface area (Å²) in [6.45, 7) is 2.00. The minimum atomic E-state index is -0.117. The van der Waals surface area contributed by atoms with Gasteiger partial charge in [0.1, 0.15) is 0 Å². The van der Waals surface area contributed by atoms with Gasteiger partial charge in [0.2, 0.25) is 5.91 Å². The fraction of sp³-hybridized carbons (Fsp3) is 0.875. The van der Waals surface area contributed by atoms with Crippen LogP contribution in [0.5, 0.6) is 0 Å². The van der Waals surface area contributed by atoms with Gasteiger partial charge in [-0.05, 0) is 25.8 Å². The highest BCUT2D eigenvalue weighted by Gasteiger charge is 2.35. The summed E-state index contributed by atoms with van der Waals surface area (Å²) in [6.07, 6.45) is 3.63. The van der Waals surface area contributed by atoms with Crippen LogP contribution in [-0.2, 0) is 4.79 Å². The van der Waals surface area contributed by atoms with Crippen LogP contribution in [0.15, 0.2) is 0 Å². The number of primary amides is 1. The maximum atomic E-state index is 10.8. The highest BCUT2D eigenvalue weighted by atomic mass is 35.5. The van der Waals surface area contributed by atoms with Gasteiger partial charge in [-0.15, -0.1) is 12.4 Å². The molecule has 2 aliphatic rings. The maximum Gasteiger partial charge on any atom is 0.221 e. The van der Waals surface area contributed by atoms with E-state index in [-0.39, 0.29) is 24.2 Å². The van der Waals surface area contributed by atoms with Crippen molar-refractivity contribution in [2.45, 2.75) is 25.3 Å². The number of likely N-dealkylation sites (tertiary alicyclic amines) is 1. The van der Waals surface area contributed by atoms with Crippen LogP contribution in [0.25, 0.3) is 0 Å². The van der Waals surface area contributed by atoms with Crippen molar-refractivity contribution in [3.05, 3.63) is 0 Å². The second-order valence-corrected chi connectivity index (χ2v) is 3.61. The summed E-state index contributed by atoms with van der Waals surface area (Å²) in [4.78, 5) is 13.2. The van der Waals surface area contributed by atoms with Gasteiger partial charge in [0.15, 0.2) is 0 Å². The Labute approximate surface area is 78.7 Å². The van der Waals surface area contributed by atoms with Crippen LogP contribution in [-0.4, -0.2) is 29.9 Å². The fourth-order valence-electron chi connectivity index (χ4n) is 1.79. The van der Waals surface area contributed by atoms with Crippen molar-refractivity contribution in [2.24, 2.45) is 11.7 Å². The molecule has 0 aromatic rings. The summed E-state index contributed by atoms with van der Waals surface area (Å²) in [5, 5.41) is 0. The van der Waals surface area contributed by atoms with E-state index in [1.165, 1.54) is 12.8 Å². The monoisotopic (exact) mass is 190 g/mol. The minimum absolute atomic E-state index is 0. The molecular formula is C8H15ClN2O. The first kappa shape index (κ1) is 9.81. The molecule has 0 aromatic carbocycles. The number of halogens is 1. The Morgan fingerprint density at radius 3 is 2.42 bits per heavy atom. The van der Waals surface area contributed by atoms with E-state index in [0.29, 0.717) is 0 Å². The van der Waals surface area contributed by atoms with Crippen LogP contribution >= 0.6 is 12.4 Å². The molecule has 2 rings (SSSR count). The lowest BCUT2D eigenvalue weighted by Crippen LogP contribution is -2.28. The zero-order valence-electron chi connectivity index (χ0n) is 7.03. The lowest BCUT2D eigenvalue weighted by Gasteiger charge is -2.12. The van der Waals surface area contributed by atoms with E-state index in [4.69, 9.17) is 5.73 Å². The Balaban J connectivity index is 0.000000720. The van der Waals surface area contributed by atoms with Crippen LogP contribution in [0, 0.1) is 5.92 Å². The van der Waals surface area contributed by atoms with Crippen LogP contribution in [0.2, 0.25) is 0 Å². The van der Waals surface area contributed by atoms with Gasteiger partial charge in [-0.3, -0.25) is 9.69 Å². The lowest BCUT2D eigenvalue weighted by molar-refractivity contribution is -0.121. The smallest absolute Gasteiger partial charge is 0.221 e. The molecule has 2 fully saturated rings. The normalized spacial score (nSPS) is 29.8. The number of nitrogens with zero attached hydrogens (tertiary/aromatic N) is 1. The van der Waals surface area contributed by atoms with Crippen LogP contribution in [0.4, 0.5) is 0 Å². The second-order valence-electron chi connectivity index (χ2n) is 3.61. The predicted octanol–water partition coefficient (Wildman–Crippen LogP) is 0.378. The van der Waals surface area contributed by atoms with E-state index in [1.807, 2.05) is 0 Å². The fourth-order valence-corrected chi connectivity index (χ4v) is 1.79. The Kier molecular flexibility index (Phi) is 2.96. The van der Waals surface area contributed by atoms with Crippen molar-refractivity contribution in [1.82, 2.24) is 4.90 Å². The topological polar surface area (TPSA) is 46.3 Å². The van der Waals surface area contributed by atoms with E-state index >= 15 is 0 Å². The maximum absolute atomic E-state index is 10.8. The van der Waals surface area contributed by atoms with Crippen molar-refractivity contribution in [1.29, 1.82) is 0 Å². The molecule has 0 bridgehead atoms. The van der Waals surface area contributed by atoms with E-state index < -0.39 is 0 Å². The Morgan fingerprint density at radius 2 is 2.00 bits per heavy atom. The largest absolute Gasteiger partial charge is 0.369 e. The van der Waals surface area contributed by atoms with Gasteiger partial charge < -0.3 is 5.73 Å². The van der Waals surface area contributed by atoms with Gasteiger partial charge in [-0.2, -0.15) is 0 Å². The zero-order chi connectivity index (χ0) is 7.84. The summed E-state index contributed by atoms with van der Waals surface area (Å²) in [5.41, 5.74) is 5.21. The Hall–Kier alpha value is -0.280. The number of carbonyl (C=O) groups excluding carboxylic acids is 1. The third kappa shape index (κ3) is 1.90. The molecule has 1 atom stereocenters. The SMILES string of the molecule is Cl.NC(=O)C1CCN(C2CC2)C1. The minimum Gasteiger partial charge on any atom is -0.369 e. The number of rotatable bonds is 2. The van der Waals surface area contributed by atoms with Gasteiger partial charge in [0.05, 0.1) is 5.92 Å². The van der Waals surface area contributed by atoms with E-state index in [1.54, 1.807) is 0 Å². The molecule has 0 spiro atoms. The Morgan fingerprint density at radius 1 is 1.33 bits per heavy atom. The number of hydrogen-bond acceptors (Lipinski definition) is 2. The molecule has 1 heterocycles. The summed E-state index contributed by atoms with van der Waals surface area (Å²) in [7, 11) is 0. The van der Waals surface area contributed by atoms with Crippen molar-refractivity contribution in [2.75, 3.05) is 13.1 Å². The molecule has 3 nitrogen and oxygen atoms in total. The molecule has 1 amide bonds. The van der Waals surface area contributed by atoms with E-state index in [0.717, 1.165) is 25.6 Å². The van der Waals surface area contributed by atoms with Crippen molar-refractivity contribution in [3.8, 4) is 0 Å². The van der Waals surface area contributed by atoms with Crippen LogP contribution in [0.1, 0.15) is 19.3 Å². The second kappa shape index (κ2) is 3.62. The molecule has 4 heteroatoms. The highest BCUT2D eigenvalue weighted by Crippen LogP contribution is 2.31. The summed E-state index contributed by atoms with van der Waals surface area (Å²) >= 11 is 0. The highest BCUT2D eigenvalue weighted by molar-refractivity contribution is 5.85. The Bertz CT molecular complexity index is 182. The standard InChI is InChI=1S/C8H14N2O.ClH/c9-8(11)6-3-4-10(5-6)7-1-2-7;/h6-7H,1-5H2,(H2,9,11);1H. The first-order chi connectivity index (χ1) is 5.27. The van der Waals surface area contributed by atoms with Gasteiger partial charge in [-0.1, -0.05) is 0 Å². The van der Waals surface area contributed by atoms with Gasteiger partial charge >= 0.3 is 0 Å². The van der Waals surface area contributed by atoms with Crippen LogP contribution in [0.3, 0.4) is 0 Å². The summed E-state index contributed by atoms with van der Waals surface area (Å²) in [5.74, 6) is 0.0174. The summed E-state index contributed by atoms with van der Waals surface area (Å²) in [6, 6.07) is 0.791. The molecule has 1 saturated carbocycles. The molecule has 12 heavy (non-hydrogen) atoms. The third-order valence-corrected chi connectivity index (χ3v) is 2.69. The molecule has 70 valence electrons. The average molecular weight is 191 g/mol. The number of hydrogen-bond donors (Lipinski definition) is 1. The predicted molar refractivity (Wildman–Crippen MR) is 49.1 cm³/mol. The zero-order valence-corrected chi connectivity index (χ0v) is 7.85. The van der Waals surface area contributed by atoms with Crippen LogP contribution < -0.4 is 5.73 Å². The first-order valence-corrected chi connectivity index (χ1v) is 4.31. The van der Waals surface area contributed by atoms with Crippen molar-refractivity contribution in [3.63, 3.8) is 0 Å². The lowest BCUT2D eigenvalue weighted by atomic mass is 10.1.